The third-order valence-electron chi connectivity index (χ3n) is 2.40. The zero-order valence-electron chi connectivity index (χ0n) is 9.54. The molecule has 0 aliphatic rings. The second kappa shape index (κ2) is 4.81. The van der Waals surface area contributed by atoms with Crippen LogP contribution in [0, 0.1) is 18.6 Å². The van der Waals surface area contributed by atoms with Crippen LogP contribution < -0.4 is 5.73 Å². The highest BCUT2D eigenvalue weighted by Gasteiger charge is 2.13. The van der Waals surface area contributed by atoms with Gasteiger partial charge in [-0.1, -0.05) is 6.07 Å². The van der Waals surface area contributed by atoms with Crippen molar-refractivity contribution >= 4 is 17.2 Å². The fourth-order valence-corrected chi connectivity index (χ4v) is 2.53. The molecule has 0 spiro atoms. The molecule has 0 saturated heterocycles. The number of carbonyl (C=O) groups excluding carboxylic acids is 1. The highest BCUT2D eigenvalue weighted by Crippen LogP contribution is 2.21. The fraction of sp³-hybridized carbons (Fsp3) is 0.167. The Balaban J connectivity index is 2.26. The van der Waals surface area contributed by atoms with Crippen LogP contribution in [0.2, 0.25) is 0 Å². The summed E-state index contributed by atoms with van der Waals surface area (Å²) >= 11 is 1.17. The predicted octanol–water partition coefficient (Wildman–Crippen LogP) is 2.42. The van der Waals surface area contributed by atoms with E-state index in [-0.39, 0.29) is 0 Å². The predicted molar refractivity (Wildman–Crippen MR) is 64.5 cm³/mol. The normalized spacial score (nSPS) is 10.6. The minimum absolute atomic E-state index is 0.343. The summed E-state index contributed by atoms with van der Waals surface area (Å²) in [6, 6.07) is 3.68. The van der Waals surface area contributed by atoms with E-state index < -0.39 is 17.5 Å². The molecular weight excluding hydrogens is 258 g/mol. The van der Waals surface area contributed by atoms with Crippen LogP contribution in [0.4, 0.5) is 8.78 Å². The van der Waals surface area contributed by atoms with Crippen LogP contribution in [-0.4, -0.2) is 10.9 Å². The van der Waals surface area contributed by atoms with Crippen molar-refractivity contribution in [2.45, 2.75) is 13.3 Å². The molecule has 3 nitrogen and oxygen atoms in total. The third kappa shape index (κ3) is 2.53. The highest BCUT2D eigenvalue weighted by molar-refractivity contribution is 7.13. The molecule has 0 atom stereocenters. The van der Waals surface area contributed by atoms with Crippen molar-refractivity contribution in [2.75, 3.05) is 0 Å². The quantitative estimate of drug-likeness (QED) is 0.929. The molecule has 0 bridgehead atoms. The van der Waals surface area contributed by atoms with Gasteiger partial charge in [0.15, 0.2) is 11.6 Å². The maximum Gasteiger partial charge on any atom is 0.260 e. The van der Waals surface area contributed by atoms with Gasteiger partial charge in [0.05, 0.1) is 10.7 Å². The summed E-state index contributed by atoms with van der Waals surface area (Å²) in [6.07, 6.45) is 0.343. The van der Waals surface area contributed by atoms with E-state index in [2.05, 4.69) is 4.98 Å². The number of carbonyl (C=O) groups is 1. The highest BCUT2D eigenvalue weighted by atomic mass is 32.1. The minimum Gasteiger partial charge on any atom is -0.365 e. The van der Waals surface area contributed by atoms with Gasteiger partial charge >= 0.3 is 0 Å². The molecule has 0 radical (unpaired) electrons. The van der Waals surface area contributed by atoms with Crippen molar-refractivity contribution in [3.8, 4) is 0 Å². The zero-order valence-corrected chi connectivity index (χ0v) is 10.4. The Kier molecular flexibility index (Phi) is 3.38. The second-order valence-electron chi connectivity index (χ2n) is 3.81. The number of hydrogen-bond donors (Lipinski definition) is 1. The lowest BCUT2D eigenvalue weighted by Gasteiger charge is -1.98. The molecule has 6 heteroatoms. The van der Waals surface area contributed by atoms with Gasteiger partial charge in [-0.2, -0.15) is 0 Å². The molecule has 2 N–H and O–H groups in total. The van der Waals surface area contributed by atoms with Gasteiger partial charge in [0.1, 0.15) is 4.88 Å². The number of thiazole rings is 1. The Hall–Kier alpha value is -1.82. The van der Waals surface area contributed by atoms with Crippen LogP contribution in [0.3, 0.4) is 0 Å². The van der Waals surface area contributed by atoms with Gasteiger partial charge in [-0.3, -0.25) is 4.79 Å². The van der Waals surface area contributed by atoms with Crippen LogP contribution in [0.1, 0.15) is 25.9 Å². The van der Waals surface area contributed by atoms with E-state index in [1.807, 2.05) is 0 Å². The van der Waals surface area contributed by atoms with Crippen molar-refractivity contribution in [1.29, 1.82) is 0 Å². The van der Waals surface area contributed by atoms with Crippen molar-refractivity contribution < 1.29 is 13.6 Å². The lowest BCUT2D eigenvalue weighted by Crippen LogP contribution is -2.09. The van der Waals surface area contributed by atoms with Crippen molar-refractivity contribution in [1.82, 2.24) is 4.98 Å². The van der Waals surface area contributed by atoms with Crippen molar-refractivity contribution in [3.05, 3.63) is 51.0 Å². The first kappa shape index (κ1) is 12.6. The number of aryl methyl sites for hydroxylation is 1. The molecule has 1 heterocycles. The summed E-state index contributed by atoms with van der Waals surface area (Å²) in [5, 5.41) is 0.646. The van der Waals surface area contributed by atoms with E-state index in [0.29, 0.717) is 27.6 Å². The van der Waals surface area contributed by atoms with Crippen LogP contribution in [0.5, 0.6) is 0 Å². The monoisotopic (exact) mass is 268 g/mol. The fourth-order valence-electron chi connectivity index (χ4n) is 1.58. The van der Waals surface area contributed by atoms with Gasteiger partial charge in [-0.15, -0.1) is 11.3 Å². The Morgan fingerprint density at radius 3 is 2.67 bits per heavy atom. The Morgan fingerprint density at radius 1 is 1.39 bits per heavy atom. The molecular formula is C12H10F2N2OS. The van der Waals surface area contributed by atoms with Crippen LogP contribution in [-0.2, 0) is 6.42 Å². The van der Waals surface area contributed by atoms with E-state index in [1.54, 1.807) is 6.92 Å². The van der Waals surface area contributed by atoms with E-state index in [4.69, 9.17) is 5.73 Å². The lowest BCUT2D eigenvalue weighted by atomic mass is 10.1. The Labute approximate surface area is 106 Å². The Bertz CT molecular complexity index is 610. The lowest BCUT2D eigenvalue weighted by molar-refractivity contribution is 0.100. The van der Waals surface area contributed by atoms with E-state index in [9.17, 15) is 13.6 Å². The van der Waals surface area contributed by atoms with Gasteiger partial charge < -0.3 is 5.73 Å². The number of nitrogens with zero attached hydrogens (tertiary/aromatic N) is 1. The summed E-state index contributed by atoms with van der Waals surface area (Å²) in [6.45, 7) is 1.69. The van der Waals surface area contributed by atoms with Gasteiger partial charge in [0, 0.05) is 6.42 Å². The summed E-state index contributed by atoms with van der Waals surface area (Å²) in [5.41, 5.74) is 6.34. The topological polar surface area (TPSA) is 56.0 Å². The first-order valence-electron chi connectivity index (χ1n) is 5.17. The number of hydrogen-bond acceptors (Lipinski definition) is 3. The summed E-state index contributed by atoms with van der Waals surface area (Å²) in [5.74, 6) is -2.30. The molecule has 2 rings (SSSR count). The van der Waals surface area contributed by atoms with Crippen molar-refractivity contribution in [3.63, 3.8) is 0 Å². The summed E-state index contributed by atoms with van der Waals surface area (Å²) in [4.78, 5) is 15.6. The molecule has 1 aromatic heterocycles. The standard InChI is InChI=1S/C12H10F2N2OS/c1-6-11(12(15)17)18-10(16-6)5-7-2-3-8(13)9(14)4-7/h2-4H,5H2,1H3,(H2,15,17). The van der Waals surface area contributed by atoms with Crippen molar-refractivity contribution in [2.24, 2.45) is 5.73 Å². The van der Waals surface area contributed by atoms with E-state index in [1.165, 1.54) is 17.4 Å². The minimum atomic E-state index is -0.893. The smallest absolute Gasteiger partial charge is 0.260 e. The maximum atomic E-state index is 13.0. The van der Waals surface area contributed by atoms with Gasteiger partial charge in [-0.25, -0.2) is 13.8 Å². The first-order valence-corrected chi connectivity index (χ1v) is 5.99. The maximum absolute atomic E-state index is 13.0. The number of aromatic nitrogens is 1. The number of halogens is 2. The molecule has 1 aromatic carbocycles. The molecule has 18 heavy (non-hydrogen) atoms. The number of rotatable bonds is 3. The molecule has 0 aliphatic heterocycles. The molecule has 2 aromatic rings. The number of amides is 1. The second-order valence-corrected chi connectivity index (χ2v) is 4.90. The molecule has 94 valence electrons. The molecule has 0 saturated carbocycles. The average Bonchev–Trinajstić information content (AvgIpc) is 2.65. The van der Waals surface area contributed by atoms with Crippen LogP contribution in [0.25, 0.3) is 0 Å². The largest absolute Gasteiger partial charge is 0.365 e. The Morgan fingerprint density at radius 2 is 2.11 bits per heavy atom. The van der Waals surface area contributed by atoms with Gasteiger partial charge in [0.2, 0.25) is 0 Å². The number of benzene rings is 1. The van der Waals surface area contributed by atoms with Crippen LogP contribution >= 0.6 is 11.3 Å². The molecule has 0 unspecified atom stereocenters. The molecule has 1 amide bonds. The number of primary amides is 1. The summed E-state index contributed by atoms with van der Waals surface area (Å²) < 4.78 is 25.8. The van der Waals surface area contributed by atoms with E-state index >= 15 is 0 Å². The molecule has 0 aliphatic carbocycles. The van der Waals surface area contributed by atoms with Gasteiger partial charge in [-0.05, 0) is 24.6 Å². The zero-order chi connectivity index (χ0) is 13.3. The van der Waals surface area contributed by atoms with E-state index in [0.717, 1.165) is 12.1 Å². The first-order chi connectivity index (χ1) is 8.47. The molecule has 0 fully saturated rings. The summed E-state index contributed by atoms with van der Waals surface area (Å²) in [7, 11) is 0. The van der Waals surface area contributed by atoms with Crippen LogP contribution in [0.15, 0.2) is 18.2 Å². The average molecular weight is 268 g/mol. The van der Waals surface area contributed by atoms with Gasteiger partial charge in [0.25, 0.3) is 5.91 Å². The third-order valence-corrected chi connectivity index (χ3v) is 3.58. The number of nitrogens with two attached hydrogens (primary N) is 1. The SMILES string of the molecule is Cc1nc(Cc2ccc(F)c(F)c2)sc1C(N)=O.